The minimum atomic E-state index is -3.17. The number of hydrogen-bond donors (Lipinski definition) is 3. The molecule has 0 aliphatic rings. The van der Waals surface area contributed by atoms with Crippen LogP contribution < -0.4 is 0 Å². The van der Waals surface area contributed by atoms with Crippen LogP contribution >= 0.6 is 17.1 Å². The molecule has 0 saturated carbocycles. The average Bonchev–Trinajstić information content (AvgIpc) is 3.23. The van der Waals surface area contributed by atoms with E-state index >= 15 is 0 Å². The summed E-state index contributed by atoms with van der Waals surface area (Å²) in [5.74, 6) is -2.02. The Morgan fingerprint density at radius 3 is 1.11 bits per heavy atom. The summed E-state index contributed by atoms with van der Waals surface area (Å²) in [5, 5.41) is 18.3. The molecule has 0 amide bonds. The normalized spacial score (nSPS) is 12.3. The first kappa shape index (κ1) is 64.0. The molecule has 0 bridgehead atoms. The van der Waals surface area contributed by atoms with Crippen molar-refractivity contribution in [3.63, 3.8) is 0 Å². The van der Waals surface area contributed by atoms with E-state index in [1.54, 1.807) is 34.8 Å². The first-order valence-corrected chi connectivity index (χ1v) is 22.6. The summed E-state index contributed by atoms with van der Waals surface area (Å²) in [7, 11) is -0.153. The van der Waals surface area contributed by atoms with Crippen molar-refractivity contribution in [1.82, 2.24) is 0 Å². The summed E-state index contributed by atoms with van der Waals surface area (Å²) in [6.07, 6.45) is 4.12. The van der Waals surface area contributed by atoms with Gasteiger partial charge in [-0.3, -0.25) is 4.57 Å². The van der Waals surface area contributed by atoms with Gasteiger partial charge < -0.3 is 47.8 Å². The molecule has 0 saturated heterocycles. The highest BCUT2D eigenvalue weighted by atomic mass is 31.2. The molecule has 364 valence electrons. The van der Waals surface area contributed by atoms with Crippen molar-refractivity contribution in [3.05, 3.63) is 70.8 Å². The molecule has 17 heteroatoms. The number of aliphatic hydroxyl groups is 2. The van der Waals surface area contributed by atoms with Gasteiger partial charge in [-0.25, -0.2) is 19.2 Å². The fourth-order valence-electron chi connectivity index (χ4n) is 4.52. The van der Waals surface area contributed by atoms with Crippen molar-refractivity contribution in [2.24, 2.45) is 21.7 Å². The van der Waals surface area contributed by atoms with Crippen LogP contribution in [0.25, 0.3) is 0 Å². The number of ether oxygens (including phenoxy) is 5. The van der Waals surface area contributed by atoms with E-state index in [1.165, 1.54) is 64.7 Å². The third kappa shape index (κ3) is 28.3. The van der Waals surface area contributed by atoms with Gasteiger partial charge in [-0.1, -0.05) is 96.4 Å². The molecule has 2 aromatic carbocycles. The lowest BCUT2D eigenvalue weighted by Gasteiger charge is -2.25. The summed E-state index contributed by atoms with van der Waals surface area (Å²) >= 11 is 0. The van der Waals surface area contributed by atoms with Gasteiger partial charge in [0.1, 0.15) is 0 Å². The minimum Gasteiger partial charge on any atom is -0.461 e. The number of aliphatic hydroxyl groups excluding tert-OH is 2. The molecule has 63 heavy (non-hydrogen) atoms. The zero-order valence-corrected chi connectivity index (χ0v) is 40.1. The molecule has 2 rings (SSSR count). The quantitative estimate of drug-likeness (QED) is 0.0367. The van der Waals surface area contributed by atoms with E-state index in [9.17, 15) is 23.7 Å². The largest absolute Gasteiger partial charge is 0.461 e. The molecule has 2 aromatic rings. The molecule has 2 unspecified atom stereocenters. The van der Waals surface area contributed by atoms with Crippen molar-refractivity contribution in [3.8, 4) is 0 Å². The van der Waals surface area contributed by atoms with E-state index in [0.717, 1.165) is 25.7 Å². The number of benzene rings is 2. The van der Waals surface area contributed by atoms with Gasteiger partial charge in [0.2, 0.25) is 0 Å². The minimum absolute atomic E-state index is 0. The second-order valence-corrected chi connectivity index (χ2v) is 19.9. The smallest absolute Gasteiger partial charge is 0.338 e. The Kier molecular flexibility index (Phi) is 32.1. The summed E-state index contributed by atoms with van der Waals surface area (Å²) in [5.41, 5.74) is -0.570. The number of hydrogen-bond acceptors (Lipinski definition) is 15. The van der Waals surface area contributed by atoms with Crippen LogP contribution in [0.3, 0.4) is 0 Å². The molecule has 0 spiro atoms. The van der Waals surface area contributed by atoms with Gasteiger partial charge in [0.05, 0.1) is 81.7 Å². The number of carbonyl (C=O) groups excluding carboxylic acids is 4. The predicted octanol–water partition coefficient (Wildman–Crippen LogP) is 9.21. The maximum atomic E-state index is 12.5. The van der Waals surface area contributed by atoms with Crippen LogP contribution in [0.1, 0.15) is 144 Å². The maximum Gasteiger partial charge on any atom is 0.338 e. The highest BCUT2D eigenvalue weighted by Crippen LogP contribution is 2.45. The Balaban J connectivity index is -0.00000113. The monoisotopic (exact) mass is 934 g/mol. The Bertz CT molecular complexity index is 1590. The second-order valence-electron chi connectivity index (χ2n) is 17.8. The van der Waals surface area contributed by atoms with Gasteiger partial charge in [0.15, 0.2) is 0 Å². The molecule has 3 N–H and O–H groups in total. The van der Waals surface area contributed by atoms with Gasteiger partial charge in [-0.05, 0) is 64.4 Å². The van der Waals surface area contributed by atoms with Crippen LogP contribution in [0.5, 0.6) is 0 Å². The zero-order chi connectivity index (χ0) is 46.9. The van der Waals surface area contributed by atoms with Crippen LogP contribution in [0, 0.1) is 21.7 Å². The number of unbranched alkanes of at least 4 members (excludes halogenated alkanes) is 3. The number of carbonyl (C=O) groups is 4. The third-order valence-corrected chi connectivity index (χ3v) is 9.74. The van der Waals surface area contributed by atoms with Gasteiger partial charge in [0, 0.05) is 35.4 Å². The van der Waals surface area contributed by atoms with E-state index in [2.05, 4.69) is 6.92 Å². The Morgan fingerprint density at radius 1 is 0.524 bits per heavy atom. The number of methoxy groups -OCH3 is 1. The summed E-state index contributed by atoms with van der Waals surface area (Å²) in [6.45, 7) is 19.6. The Labute approximate surface area is 380 Å². The van der Waals surface area contributed by atoms with Crippen LogP contribution in [0.2, 0.25) is 0 Å². The average molecular weight is 935 g/mol. The lowest BCUT2D eigenvalue weighted by Crippen LogP contribution is -2.27. The van der Waals surface area contributed by atoms with Crippen LogP contribution in [-0.2, 0) is 37.3 Å². The molecular formula is C46H80O15P2. The summed E-state index contributed by atoms with van der Waals surface area (Å²) in [4.78, 5) is 55.5. The van der Waals surface area contributed by atoms with Gasteiger partial charge in [0.25, 0.3) is 0 Å². The molecule has 0 aromatic heterocycles. The second kappa shape index (κ2) is 31.6. The number of esters is 4. The van der Waals surface area contributed by atoms with Crippen LogP contribution in [-0.4, -0.2) is 112 Å². The lowest BCUT2D eigenvalue weighted by atomic mass is 9.96. The third-order valence-electron chi connectivity index (χ3n) is 8.49. The Morgan fingerprint density at radius 2 is 0.825 bits per heavy atom. The van der Waals surface area contributed by atoms with Crippen molar-refractivity contribution in [2.75, 3.05) is 73.2 Å². The Hall–Kier alpha value is -3.26. The van der Waals surface area contributed by atoms with Crippen molar-refractivity contribution in [2.45, 2.75) is 103 Å². The van der Waals surface area contributed by atoms with E-state index in [0.29, 0.717) is 35.5 Å². The number of rotatable bonds is 25. The molecule has 0 aliphatic carbocycles. The lowest BCUT2D eigenvalue weighted by molar-refractivity contribution is 0.0134. The van der Waals surface area contributed by atoms with Crippen molar-refractivity contribution < 1.29 is 71.6 Å². The van der Waals surface area contributed by atoms with Gasteiger partial charge >= 0.3 is 31.5 Å². The maximum absolute atomic E-state index is 12.5. The molecule has 0 heterocycles. The standard InChI is InChI=1S/C26H43O8P.C18H26O6.2CH4.H3OP/c1-8-9-10-11-16-33-35(7,29)34-20-26(4,5)19-32-24(28)22-14-12-21(13-15-22)23(27)31-18-25(2,3)17-30-6;1-17(2,9-19)11-23-15(21)13-5-7-14(8-6-13)16(22)24-12-18(3,4)10-20;;;1-2/h12-15H,8-11,16-20H2,1-7H3;5-8,19-20H,9-12H2,1-4H3;2*1H4;1H,2H2. The highest BCUT2D eigenvalue weighted by molar-refractivity contribution is 7.52. The predicted molar refractivity (Wildman–Crippen MR) is 250 cm³/mol. The first-order chi connectivity index (χ1) is 28.4. The zero-order valence-electron chi connectivity index (χ0n) is 38.1. The fourth-order valence-corrected chi connectivity index (χ4v) is 5.63. The molecule has 0 radical (unpaired) electrons. The van der Waals surface area contributed by atoms with E-state index in [-0.39, 0.29) is 66.5 Å². The van der Waals surface area contributed by atoms with Gasteiger partial charge in [-0.2, -0.15) is 0 Å². The molecule has 2 atom stereocenters. The highest BCUT2D eigenvalue weighted by Gasteiger charge is 2.27. The SMILES string of the molecule is C.C.CC(C)(CO)COC(=O)c1ccc(C(=O)OCC(C)(C)CO)cc1.CCCCCCOP(C)(=O)OCC(C)(C)COC(=O)c1ccc(C(=O)OCC(C)(C)COC)cc1.OP. The van der Waals surface area contributed by atoms with E-state index in [1.807, 2.05) is 27.7 Å². The van der Waals surface area contributed by atoms with Crippen LogP contribution in [0.15, 0.2) is 48.5 Å². The van der Waals surface area contributed by atoms with Crippen LogP contribution in [0.4, 0.5) is 0 Å². The fraction of sp³-hybridized carbons (Fsp3) is 0.652. The van der Waals surface area contributed by atoms with E-state index in [4.69, 9.17) is 47.8 Å². The summed E-state index contributed by atoms with van der Waals surface area (Å²) < 4.78 is 49.6. The molecule has 0 aliphatic heterocycles. The molecule has 15 nitrogen and oxygen atoms in total. The van der Waals surface area contributed by atoms with Crippen molar-refractivity contribution >= 4 is 40.9 Å². The molecule has 0 fully saturated rings. The van der Waals surface area contributed by atoms with E-state index < -0.39 is 47.7 Å². The van der Waals surface area contributed by atoms with Crippen molar-refractivity contribution in [1.29, 1.82) is 0 Å². The molecular weight excluding hydrogens is 854 g/mol. The first-order valence-electron chi connectivity index (χ1n) is 20.1. The van der Waals surface area contributed by atoms with Gasteiger partial charge in [-0.15, -0.1) is 0 Å². The topological polar surface area (TPSA) is 211 Å². The summed E-state index contributed by atoms with van der Waals surface area (Å²) in [6, 6.07) is 12.1.